The number of nitrogens with one attached hydrogen (secondary N) is 2. The Balaban J connectivity index is 0. The third-order valence-electron chi connectivity index (χ3n) is 7.09. The molecule has 0 aromatic heterocycles. The number of rotatable bonds is 14. The minimum Gasteiger partial charge on any atom is -0.379 e. The molecule has 1 aromatic carbocycles. The minimum absolute atomic E-state index is 0. The van der Waals surface area contributed by atoms with Gasteiger partial charge in [0, 0.05) is 52.2 Å². The second-order valence-corrected chi connectivity index (χ2v) is 10.7. The van der Waals surface area contributed by atoms with Crippen LogP contribution in [0.3, 0.4) is 0 Å². The van der Waals surface area contributed by atoms with E-state index in [2.05, 4.69) is 67.1 Å². The summed E-state index contributed by atoms with van der Waals surface area (Å²) in [6.07, 6.45) is 13.7. The summed E-state index contributed by atoms with van der Waals surface area (Å²) in [4.78, 5) is 19.5. The van der Waals surface area contributed by atoms with E-state index in [1.54, 1.807) is 18.2 Å². The van der Waals surface area contributed by atoms with Crippen LogP contribution in [0.15, 0.2) is 71.0 Å². The Morgan fingerprint density at radius 3 is 2.45 bits per heavy atom. The lowest BCUT2D eigenvalue weighted by Crippen LogP contribution is -2.30. The third kappa shape index (κ3) is 12.0. The van der Waals surface area contributed by atoms with Crippen molar-refractivity contribution in [2.45, 2.75) is 93.2 Å². The van der Waals surface area contributed by atoms with E-state index in [9.17, 15) is 9.18 Å². The first-order valence-corrected chi connectivity index (χ1v) is 14.8. The maximum Gasteiger partial charge on any atom is 0.228 e. The van der Waals surface area contributed by atoms with Crippen LogP contribution in [0.2, 0.25) is 0 Å². The van der Waals surface area contributed by atoms with Crippen molar-refractivity contribution < 1.29 is 12.0 Å². The molecule has 0 radical (unpaired) electrons. The van der Waals surface area contributed by atoms with E-state index in [1.165, 1.54) is 30.9 Å². The molecule has 2 N–H and O–H groups in total. The molecule has 0 saturated heterocycles. The van der Waals surface area contributed by atoms with Crippen molar-refractivity contribution in [3.63, 3.8) is 0 Å². The van der Waals surface area contributed by atoms with Gasteiger partial charge in [0.1, 0.15) is 5.82 Å². The molecule has 5 nitrogen and oxygen atoms in total. The zero-order chi connectivity index (χ0) is 30.2. The molecule has 1 fully saturated rings. The first-order valence-electron chi connectivity index (χ1n) is 14.8. The molecule has 226 valence electrons. The fourth-order valence-electron chi connectivity index (χ4n) is 4.15. The zero-order valence-electron chi connectivity index (χ0n) is 26.4. The second-order valence-electron chi connectivity index (χ2n) is 10.7. The molecule has 1 aromatic rings. The van der Waals surface area contributed by atoms with Gasteiger partial charge in [0.2, 0.25) is 5.91 Å². The van der Waals surface area contributed by atoms with Gasteiger partial charge in [-0.05, 0) is 76.1 Å². The Kier molecular flexibility index (Phi) is 16.1. The first-order chi connectivity index (χ1) is 19.0. The number of anilines is 1. The number of halogens is 1. The third-order valence-corrected chi connectivity index (χ3v) is 7.09. The van der Waals surface area contributed by atoms with Crippen LogP contribution in [0.25, 0.3) is 0 Å². The predicted octanol–water partition coefficient (Wildman–Crippen LogP) is 9.09. The summed E-state index contributed by atoms with van der Waals surface area (Å²) in [5.41, 5.74) is 4.26. The quantitative estimate of drug-likeness (QED) is 0.177. The number of carbonyl (C=O) groups excluding carboxylic acids is 1. The lowest BCUT2D eigenvalue weighted by molar-refractivity contribution is -0.115. The fraction of sp³-hybridized carbons (Fsp3) is 0.529. The molecular formula is C34H57FN4O. The van der Waals surface area contributed by atoms with Crippen molar-refractivity contribution in [2.75, 3.05) is 18.9 Å². The van der Waals surface area contributed by atoms with Crippen molar-refractivity contribution in [1.29, 1.82) is 0 Å². The molecular weight excluding hydrogens is 499 g/mol. The molecule has 2 atom stereocenters. The van der Waals surface area contributed by atoms with E-state index in [4.69, 9.17) is 0 Å². The van der Waals surface area contributed by atoms with E-state index < -0.39 is 0 Å². The average Bonchev–Trinajstić information content (AvgIpc) is 2.89. The van der Waals surface area contributed by atoms with Crippen LogP contribution in [0.1, 0.15) is 95.5 Å². The van der Waals surface area contributed by atoms with Gasteiger partial charge >= 0.3 is 0 Å². The Labute approximate surface area is 246 Å². The highest BCUT2D eigenvalue weighted by Crippen LogP contribution is 2.32. The number of benzene rings is 1. The smallest absolute Gasteiger partial charge is 0.228 e. The van der Waals surface area contributed by atoms with Crippen LogP contribution < -0.4 is 10.6 Å². The summed E-state index contributed by atoms with van der Waals surface area (Å²) in [7, 11) is 2.03. The molecule has 1 amide bonds. The van der Waals surface area contributed by atoms with E-state index in [0.717, 1.165) is 17.8 Å². The van der Waals surface area contributed by atoms with E-state index in [1.807, 2.05) is 47.0 Å². The Morgan fingerprint density at radius 2 is 1.90 bits per heavy atom. The molecule has 0 bridgehead atoms. The molecule has 1 aliphatic carbocycles. The van der Waals surface area contributed by atoms with Crippen molar-refractivity contribution in [1.82, 2.24) is 10.2 Å². The standard InChI is InChI=1S/C32H47FN4O.C2H6.2H2/c1-9-26(15-14-23(5)27-12-11-13-27)18-32(38)36-28-16-17-30(33)29(19-28)25(7)35-24(6)20-34-31(22(3)4)21-37(8)10-2;1-2;;/h9,14-17,19-22,24-25,27,35H,1,10-13,18H2,2-8H3,(H,36,38);1-2H3;2*1H/b23-14+,26-15+,31-21+,34-20?;;;/t24?,25-;;;/m0.../s1. The molecule has 1 aliphatic rings. The Hall–Kier alpha value is -2.99. The number of nitrogens with zero attached hydrogens (tertiary/aromatic N) is 2. The van der Waals surface area contributed by atoms with Crippen molar-refractivity contribution in [2.24, 2.45) is 16.8 Å². The average molecular weight is 557 g/mol. The van der Waals surface area contributed by atoms with Crippen molar-refractivity contribution in [3.05, 3.63) is 77.4 Å². The molecule has 1 unspecified atom stereocenters. The van der Waals surface area contributed by atoms with Gasteiger partial charge in [-0.2, -0.15) is 0 Å². The van der Waals surface area contributed by atoms with Crippen molar-refractivity contribution >= 4 is 17.8 Å². The number of carbonyl (C=O) groups is 1. The monoisotopic (exact) mass is 556 g/mol. The van der Waals surface area contributed by atoms with Gasteiger partial charge in [-0.15, -0.1) is 0 Å². The fourth-order valence-corrected chi connectivity index (χ4v) is 4.15. The zero-order valence-corrected chi connectivity index (χ0v) is 26.4. The summed E-state index contributed by atoms with van der Waals surface area (Å²) < 4.78 is 14.7. The van der Waals surface area contributed by atoms with Gasteiger partial charge < -0.3 is 15.5 Å². The number of amides is 1. The highest BCUT2D eigenvalue weighted by Gasteiger charge is 2.18. The largest absolute Gasteiger partial charge is 0.379 e. The topological polar surface area (TPSA) is 56.7 Å². The molecule has 1 saturated carbocycles. The summed E-state index contributed by atoms with van der Waals surface area (Å²) in [6.45, 7) is 21.1. The van der Waals surface area contributed by atoms with Crippen LogP contribution in [0, 0.1) is 17.7 Å². The van der Waals surface area contributed by atoms with E-state index in [0.29, 0.717) is 23.1 Å². The molecule has 2 rings (SSSR count). The van der Waals surface area contributed by atoms with Gasteiger partial charge in [0.25, 0.3) is 0 Å². The van der Waals surface area contributed by atoms with Gasteiger partial charge in [-0.25, -0.2) is 4.39 Å². The highest BCUT2D eigenvalue weighted by molar-refractivity contribution is 5.92. The predicted molar refractivity (Wildman–Crippen MR) is 175 cm³/mol. The number of aliphatic imine (C=N–C) groups is 1. The first kappa shape index (κ1) is 35.0. The van der Waals surface area contributed by atoms with Crippen LogP contribution >= 0.6 is 0 Å². The minimum atomic E-state index is -0.317. The van der Waals surface area contributed by atoms with Gasteiger partial charge in [0.05, 0.1) is 12.1 Å². The Bertz CT molecular complexity index is 1080. The molecule has 0 heterocycles. The molecule has 0 spiro atoms. The maximum absolute atomic E-state index is 14.7. The molecule has 0 aliphatic heterocycles. The van der Waals surface area contributed by atoms with Crippen LogP contribution in [0.4, 0.5) is 10.1 Å². The van der Waals surface area contributed by atoms with Crippen LogP contribution in [0.5, 0.6) is 0 Å². The van der Waals surface area contributed by atoms with Gasteiger partial charge in [-0.1, -0.05) is 64.5 Å². The summed E-state index contributed by atoms with van der Waals surface area (Å²) in [5, 5.41) is 6.31. The number of allylic oxidation sites excluding steroid dienone is 5. The summed E-state index contributed by atoms with van der Waals surface area (Å²) in [5.74, 6) is 0.490. The normalized spacial score (nSPS) is 16.2. The lowest BCUT2D eigenvalue weighted by Gasteiger charge is -2.26. The lowest BCUT2D eigenvalue weighted by atomic mass is 9.80. The molecule has 40 heavy (non-hydrogen) atoms. The van der Waals surface area contributed by atoms with Gasteiger partial charge in [-0.3, -0.25) is 9.79 Å². The number of hydrogen-bond donors (Lipinski definition) is 2. The maximum atomic E-state index is 14.7. The summed E-state index contributed by atoms with van der Waals surface area (Å²) >= 11 is 0. The highest BCUT2D eigenvalue weighted by atomic mass is 19.1. The SMILES string of the molecule is C=C/C(=C\C=C(/C)C1CCC1)CC(=O)Nc1ccc(F)c([C@H](C)NC(C)C=N/C(=C/N(C)CC)C(C)C)c1.CC.[HH].[HH]. The van der Waals surface area contributed by atoms with E-state index in [-0.39, 0.29) is 33.1 Å². The van der Waals surface area contributed by atoms with Crippen molar-refractivity contribution in [3.8, 4) is 0 Å². The molecule has 6 heteroatoms. The summed E-state index contributed by atoms with van der Waals surface area (Å²) in [6, 6.07) is 4.34. The van der Waals surface area contributed by atoms with Gasteiger partial charge in [0.15, 0.2) is 0 Å². The van der Waals surface area contributed by atoms with E-state index >= 15 is 0 Å². The second kappa shape index (κ2) is 18.4. The number of hydrogen-bond acceptors (Lipinski definition) is 4. The van der Waals surface area contributed by atoms with Crippen LogP contribution in [-0.4, -0.2) is 36.7 Å². The Morgan fingerprint density at radius 1 is 1.23 bits per heavy atom. The van der Waals surface area contributed by atoms with Crippen LogP contribution in [-0.2, 0) is 4.79 Å².